The molecule has 0 aliphatic carbocycles. The van der Waals surface area contributed by atoms with Crippen LogP contribution in [0.3, 0.4) is 0 Å². The van der Waals surface area contributed by atoms with Crippen LogP contribution in [0.5, 0.6) is 17.2 Å². The highest BCUT2D eigenvalue weighted by atomic mass is 32.1. The first-order valence-electron chi connectivity index (χ1n) is 11.4. The van der Waals surface area contributed by atoms with Gasteiger partial charge in [0, 0.05) is 25.5 Å². The molecule has 38 heavy (non-hydrogen) atoms. The van der Waals surface area contributed by atoms with Crippen LogP contribution in [-0.2, 0) is 19.1 Å². The van der Waals surface area contributed by atoms with Crippen molar-refractivity contribution in [2.45, 2.75) is 26.8 Å². The van der Waals surface area contributed by atoms with Crippen molar-refractivity contribution in [3.63, 3.8) is 0 Å². The van der Waals surface area contributed by atoms with E-state index >= 15 is 0 Å². The maximum absolute atomic E-state index is 13.7. The van der Waals surface area contributed by atoms with Crippen molar-refractivity contribution in [1.29, 1.82) is 0 Å². The van der Waals surface area contributed by atoms with Gasteiger partial charge >= 0.3 is 17.9 Å². The fourth-order valence-corrected chi connectivity index (χ4v) is 5.08. The molecule has 0 spiro atoms. The van der Waals surface area contributed by atoms with Gasteiger partial charge in [-0.05, 0) is 42.8 Å². The van der Waals surface area contributed by atoms with Crippen LogP contribution in [-0.4, -0.2) is 36.7 Å². The SMILES string of the molecule is COC(=O)C1=C(C)N=c2s/c(=C\c3ccc(OC(C)=O)cc3OC(C)=O)c(=O)n2[C@@H]1c1ccc(OC)cc1. The predicted octanol–water partition coefficient (Wildman–Crippen LogP) is 2.27. The number of methoxy groups -OCH3 is 2. The Kier molecular flexibility index (Phi) is 7.58. The van der Waals surface area contributed by atoms with Crippen LogP contribution in [0.15, 0.2) is 63.5 Å². The molecule has 2 aromatic carbocycles. The minimum absolute atomic E-state index is 0.111. The second kappa shape index (κ2) is 10.9. The van der Waals surface area contributed by atoms with E-state index in [4.69, 9.17) is 18.9 Å². The molecular weight excluding hydrogens is 512 g/mol. The smallest absolute Gasteiger partial charge is 0.338 e. The minimum Gasteiger partial charge on any atom is -0.497 e. The molecule has 3 aromatic rings. The fraction of sp³-hybridized carbons (Fsp3) is 0.222. The van der Waals surface area contributed by atoms with E-state index in [1.165, 1.54) is 37.7 Å². The Balaban J connectivity index is 1.92. The van der Waals surface area contributed by atoms with E-state index in [2.05, 4.69) is 4.99 Å². The molecule has 0 unspecified atom stereocenters. The number of nitrogens with zero attached hydrogens (tertiary/aromatic N) is 2. The van der Waals surface area contributed by atoms with E-state index in [1.807, 2.05) is 0 Å². The number of fused-ring (bicyclic) bond motifs is 1. The van der Waals surface area contributed by atoms with Crippen LogP contribution in [0, 0.1) is 0 Å². The number of aromatic nitrogens is 1. The molecule has 1 aliphatic heterocycles. The van der Waals surface area contributed by atoms with Gasteiger partial charge in [-0.15, -0.1) is 0 Å². The van der Waals surface area contributed by atoms with E-state index in [9.17, 15) is 19.2 Å². The molecule has 1 aliphatic rings. The molecule has 2 heterocycles. The summed E-state index contributed by atoms with van der Waals surface area (Å²) in [5.41, 5.74) is 1.34. The summed E-state index contributed by atoms with van der Waals surface area (Å²) in [5.74, 6) is -0.796. The number of rotatable bonds is 6. The third-order valence-corrected chi connectivity index (χ3v) is 6.63. The Labute approximate surface area is 221 Å². The predicted molar refractivity (Wildman–Crippen MR) is 138 cm³/mol. The fourth-order valence-electron chi connectivity index (χ4n) is 4.04. The van der Waals surface area contributed by atoms with E-state index in [1.54, 1.807) is 50.4 Å². The number of allylic oxidation sites excluding steroid dienone is 1. The Hall–Kier alpha value is -4.51. The Morgan fingerprint density at radius 2 is 1.63 bits per heavy atom. The van der Waals surface area contributed by atoms with Crippen LogP contribution >= 0.6 is 11.3 Å². The lowest BCUT2D eigenvalue weighted by Crippen LogP contribution is -2.39. The van der Waals surface area contributed by atoms with E-state index in [-0.39, 0.29) is 21.6 Å². The summed E-state index contributed by atoms with van der Waals surface area (Å²) in [6, 6.07) is 10.7. The summed E-state index contributed by atoms with van der Waals surface area (Å²) >= 11 is 1.12. The molecule has 0 saturated carbocycles. The first-order chi connectivity index (χ1) is 18.1. The zero-order valence-corrected chi connectivity index (χ0v) is 22.1. The third kappa shape index (κ3) is 5.28. The van der Waals surface area contributed by atoms with Crippen LogP contribution < -0.4 is 29.1 Å². The zero-order valence-electron chi connectivity index (χ0n) is 21.3. The molecule has 11 heteroatoms. The molecule has 1 aromatic heterocycles. The average molecular weight is 537 g/mol. The molecule has 0 radical (unpaired) electrons. The molecule has 4 rings (SSSR count). The third-order valence-electron chi connectivity index (χ3n) is 5.65. The number of hydrogen-bond acceptors (Lipinski definition) is 10. The van der Waals surface area contributed by atoms with Crippen molar-refractivity contribution in [3.8, 4) is 17.2 Å². The molecule has 0 amide bonds. The van der Waals surface area contributed by atoms with Gasteiger partial charge in [0.2, 0.25) is 0 Å². The van der Waals surface area contributed by atoms with Gasteiger partial charge in [-0.1, -0.05) is 23.5 Å². The van der Waals surface area contributed by atoms with Crippen molar-refractivity contribution in [2.24, 2.45) is 4.99 Å². The maximum atomic E-state index is 13.7. The second-order valence-electron chi connectivity index (χ2n) is 8.23. The molecule has 0 saturated heterocycles. The van der Waals surface area contributed by atoms with Crippen molar-refractivity contribution in [3.05, 3.63) is 84.5 Å². The average Bonchev–Trinajstić information content (AvgIpc) is 3.18. The molecule has 0 bridgehead atoms. The van der Waals surface area contributed by atoms with Crippen molar-refractivity contribution in [2.75, 3.05) is 14.2 Å². The van der Waals surface area contributed by atoms with Crippen molar-refractivity contribution in [1.82, 2.24) is 4.57 Å². The van der Waals surface area contributed by atoms with E-state index < -0.39 is 29.5 Å². The second-order valence-corrected chi connectivity index (χ2v) is 9.24. The largest absolute Gasteiger partial charge is 0.497 e. The van der Waals surface area contributed by atoms with Gasteiger partial charge in [0.25, 0.3) is 5.56 Å². The summed E-state index contributed by atoms with van der Waals surface area (Å²) in [6.45, 7) is 4.18. The topological polar surface area (TPSA) is 122 Å². The highest BCUT2D eigenvalue weighted by Crippen LogP contribution is 2.31. The summed E-state index contributed by atoms with van der Waals surface area (Å²) in [7, 11) is 2.82. The zero-order chi connectivity index (χ0) is 27.6. The van der Waals surface area contributed by atoms with Crippen molar-refractivity contribution >= 4 is 35.3 Å². The quantitative estimate of drug-likeness (QED) is 0.347. The van der Waals surface area contributed by atoms with Gasteiger partial charge in [-0.3, -0.25) is 19.0 Å². The number of benzene rings is 2. The van der Waals surface area contributed by atoms with Crippen LogP contribution in [0.2, 0.25) is 0 Å². The minimum atomic E-state index is -0.786. The van der Waals surface area contributed by atoms with Crippen molar-refractivity contribution < 1.29 is 33.3 Å². The van der Waals surface area contributed by atoms with Gasteiger partial charge < -0.3 is 18.9 Å². The number of thiazole rings is 1. The van der Waals surface area contributed by atoms with Crippen LogP contribution in [0.4, 0.5) is 0 Å². The number of ether oxygens (including phenoxy) is 4. The van der Waals surface area contributed by atoms with E-state index in [0.29, 0.717) is 27.4 Å². The lowest BCUT2D eigenvalue weighted by Gasteiger charge is -2.24. The molecule has 0 fully saturated rings. The van der Waals surface area contributed by atoms with E-state index in [0.717, 1.165) is 11.3 Å². The number of esters is 3. The highest BCUT2D eigenvalue weighted by Gasteiger charge is 2.33. The Morgan fingerprint density at radius 3 is 2.24 bits per heavy atom. The lowest BCUT2D eigenvalue weighted by atomic mass is 9.96. The Bertz CT molecular complexity index is 1650. The first kappa shape index (κ1) is 26.6. The van der Waals surface area contributed by atoms with Gasteiger partial charge in [0.1, 0.15) is 17.2 Å². The number of hydrogen-bond donors (Lipinski definition) is 0. The first-order valence-corrected chi connectivity index (χ1v) is 12.2. The van der Waals surface area contributed by atoms with Gasteiger partial charge in [0.05, 0.1) is 36.1 Å². The molecule has 10 nitrogen and oxygen atoms in total. The lowest BCUT2D eigenvalue weighted by molar-refractivity contribution is -0.137. The molecular formula is C27H24N2O8S. The van der Waals surface area contributed by atoms with Gasteiger partial charge in [0.15, 0.2) is 4.80 Å². The van der Waals surface area contributed by atoms with Crippen LogP contribution in [0.1, 0.15) is 37.9 Å². The molecule has 196 valence electrons. The summed E-state index contributed by atoms with van der Waals surface area (Å²) in [6.07, 6.45) is 1.56. The summed E-state index contributed by atoms with van der Waals surface area (Å²) < 4.78 is 22.4. The monoisotopic (exact) mass is 536 g/mol. The summed E-state index contributed by atoms with van der Waals surface area (Å²) in [4.78, 5) is 54.5. The van der Waals surface area contributed by atoms with Crippen LogP contribution in [0.25, 0.3) is 6.08 Å². The maximum Gasteiger partial charge on any atom is 0.338 e. The number of carbonyl (C=O) groups is 3. The normalized spacial score (nSPS) is 14.9. The molecule has 1 atom stereocenters. The van der Waals surface area contributed by atoms with Gasteiger partial charge in [-0.2, -0.15) is 0 Å². The standard InChI is InChI=1S/C27H24N2O8S/c1-14-23(26(33)35-5)24(17-6-9-19(34-4)10-7-17)29-25(32)22(38-27(29)28-14)12-18-8-11-20(36-15(2)30)13-21(18)37-16(3)31/h6-13,24H,1-5H3/b22-12-/t24-/m1/s1. The number of carbonyl (C=O) groups excluding carboxylic acids is 3. The molecule has 0 N–H and O–H groups in total. The summed E-state index contributed by atoms with van der Waals surface area (Å²) in [5, 5.41) is 0. The van der Waals surface area contributed by atoms with Gasteiger partial charge in [-0.25, -0.2) is 9.79 Å². The Morgan fingerprint density at radius 1 is 0.974 bits per heavy atom. The highest BCUT2D eigenvalue weighted by molar-refractivity contribution is 7.07.